The average Bonchev–Trinajstić information content (AvgIpc) is 2.15. The molecule has 0 aliphatic carbocycles. The topological polar surface area (TPSA) is 43.4 Å². The van der Waals surface area contributed by atoms with Crippen LogP contribution in [-0.4, -0.2) is 13.9 Å². The summed E-state index contributed by atoms with van der Waals surface area (Å²) in [6.45, 7) is 0. The van der Waals surface area contributed by atoms with Crippen molar-refractivity contribution in [3.8, 4) is 0 Å². The van der Waals surface area contributed by atoms with Crippen molar-refractivity contribution in [1.29, 1.82) is 0 Å². The van der Waals surface area contributed by atoms with E-state index in [1.165, 1.54) is 0 Å². The van der Waals surface area contributed by atoms with E-state index >= 15 is 0 Å². The van der Waals surface area contributed by atoms with Gasteiger partial charge in [0.2, 0.25) is 0 Å². The lowest BCUT2D eigenvalue weighted by Gasteiger charge is -2.06. The molecule has 0 saturated carbocycles. The smallest absolute Gasteiger partial charge is 0.207 e. The number of hydrogen-bond donors (Lipinski definition) is 0. The van der Waals surface area contributed by atoms with Gasteiger partial charge in [-0.3, -0.25) is 0 Å². The van der Waals surface area contributed by atoms with E-state index in [4.69, 9.17) is 0 Å². The average molecular weight is 276 g/mol. The quantitative estimate of drug-likeness (QED) is 0.483. The van der Waals surface area contributed by atoms with Gasteiger partial charge in [0.15, 0.2) is 0 Å². The first-order valence-corrected chi connectivity index (χ1v) is 5.80. The van der Waals surface area contributed by atoms with Crippen molar-refractivity contribution in [2.24, 2.45) is 0 Å². The van der Waals surface area contributed by atoms with Gasteiger partial charge in [-0.1, -0.05) is 0 Å². The Morgan fingerprint density at radius 1 is 1.12 bits per heavy atom. The molecule has 0 N–H and O–H groups in total. The fourth-order valence-corrected chi connectivity index (χ4v) is 1.84. The van der Waals surface area contributed by atoms with Crippen LogP contribution in [0, 0.1) is 5.82 Å². The molecule has 1 rings (SSSR count). The lowest BCUT2D eigenvalue weighted by atomic mass is 10.4. The molecule has 0 aromatic heterocycles. The molecule has 1 aromatic carbocycles. The Balaban J connectivity index is 2.69. The normalized spacial score (nSPS) is 12.8. The third-order valence-electron chi connectivity index (χ3n) is 1.32. The van der Waals surface area contributed by atoms with E-state index in [2.05, 4.69) is 3.63 Å². The minimum absolute atomic E-state index is 0.0117. The molecule has 0 aliphatic heterocycles. The summed E-state index contributed by atoms with van der Waals surface area (Å²) in [5.74, 6) is -0.594. The second-order valence-corrected chi connectivity index (χ2v) is 5.06. The molecule has 3 nitrogen and oxygen atoms in total. The summed E-state index contributed by atoms with van der Waals surface area (Å²) in [5, 5.41) is 0. The summed E-state index contributed by atoms with van der Waals surface area (Å²) in [6, 6.07) is 4.11. The van der Waals surface area contributed by atoms with Crippen molar-refractivity contribution >= 4 is 22.2 Å². The van der Waals surface area contributed by atoms with Crippen molar-refractivity contribution in [3.63, 3.8) is 0 Å². The van der Waals surface area contributed by atoms with Crippen LogP contribution in [0.3, 0.4) is 0 Å². The number of hydrogen-bond acceptors (Lipinski definition) is 4. The van der Waals surface area contributed by atoms with Crippen molar-refractivity contribution in [1.82, 2.24) is 0 Å². The number of benzene rings is 1. The van der Waals surface area contributed by atoms with Crippen LogP contribution < -0.4 is 0 Å². The van der Waals surface area contributed by atoms with Gasteiger partial charge in [0.05, 0.1) is 0 Å². The molecular weight excluding hydrogens is 272 g/mol. The summed E-state index contributed by atoms with van der Waals surface area (Å²) in [7, 11) is -5.64. The third-order valence-corrected chi connectivity index (χ3v) is 3.34. The van der Waals surface area contributed by atoms with Gasteiger partial charge >= 0.3 is 15.6 Å². The van der Waals surface area contributed by atoms with E-state index in [-0.39, 0.29) is 16.9 Å². The Morgan fingerprint density at radius 3 is 2.06 bits per heavy atom. The van der Waals surface area contributed by atoms with E-state index in [1.807, 2.05) is 0 Å². The van der Waals surface area contributed by atoms with Crippen LogP contribution in [0.1, 0.15) is 0 Å². The van der Waals surface area contributed by atoms with Crippen molar-refractivity contribution in [2.45, 2.75) is 10.4 Å². The second-order valence-electron chi connectivity index (χ2n) is 2.51. The molecule has 0 radical (unpaired) electrons. The summed E-state index contributed by atoms with van der Waals surface area (Å²) in [5.41, 5.74) is -5.47. The standard InChI is InChI=1S/C7H4F4O3S2/c8-5-1-3-6(4-2-5)15-14-16(12,13)7(9,10)11/h1-4H. The first kappa shape index (κ1) is 13.3. The third kappa shape index (κ3) is 3.35. The Morgan fingerprint density at radius 2 is 1.62 bits per heavy atom. The van der Waals surface area contributed by atoms with Crippen LogP contribution in [0.5, 0.6) is 0 Å². The maximum atomic E-state index is 12.4. The van der Waals surface area contributed by atoms with Crippen molar-refractivity contribution in [2.75, 3.05) is 0 Å². The summed E-state index contributed by atoms with van der Waals surface area (Å²) in [6.07, 6.45) is 0. The fourth-order valence-electron chi connectivity index (χ4n) is 0.613. The number of halogens is 4. The monoisotopic (exact) mass is 276 g/mol. The predicted octanol–water partition coefficient (Wildman–Crippen LogP) is 2.70. The van der Waals surface area contributed by atoms with Crippen LogP contribution in [0.2, 0.25) is 0 Å². The lowest BCUT2D eigenvalue weighted by Crippen LogP contribution is -2.23. The molecule has 0 fully saturated rings. The molecule has 90 valence electrons. The zero-order valence-corrected chi connectivity index (χ0v) is 9.00. The minimum Gasteiger partial charge on any atom is -0.207 e. The Bertz CT molecular complexity index is 452. The summed E-state index contributed by atoms with van der Waals surface area (Å²) < 4.78 is 72.4. The van der Waals surface area contributed by atoms with Gasteiger partial charge in [0.25, 0.3) is 0 Å². The maximum Gasteiger partial charge on any atom is 0.524 e. The van der Waals surface area contributed by atoms with Crippen LogP contribution in [0.25, 0.3) is 0 Å². The van der Waals surface area contributed by atoms with E-state index in [0.29, 0.717) is 0 Å². The van der Waals surface area contributed by atoms with Gasteiger partial charge < -0.3 is 0 Å². The molecule has 0 spiro atoms. The second kappa shape index (κ2) is 4.60. The molecule has 9 heteroatoms. The van der Waals surface area contributed by atoms with E-state index in [9.17, 15) is 26.0 Å². The molecule has 0 saturated heterocycles. The van der Waals surface area contributed by atoms with Crippen LogP contribution in [-0.2, 0) is 13.7 Å². The van der Waals surface area contributed by atoms with E-state index in [0.717, 1.165) is 24.3 Å². The van der Waals surface area contributed by atoms with Gasteiger partial charge in [-0.15, -0.1) is 0 Å². The minimum atomic E-state index is -5.64. The van der Waals surface area contributed by atoms with E-state index < -0.39 is 21.4 Å². The van der Waals surface area contributed by atoms with Crippen LogP contribution in [0.4, 0.5) is 17.6 Å². The molecule has 0 heterocycles. The highest BCUT2D eigenvalue weighted by atomic mass is 32.3. The molecule has 1 aromatic rings. The Hall–Kier alpha value is -0.800. The predicted molar refractivity (Wildman–Crippen MR) is 48.3 cm³/mol. The molecule has 0 bridgehead atoms. The highest BCUT2D eigenvalue weighted by Crippen LogP contribution is 2.31. The van der Waals surface area contributed by atoms with Gasteiger partial charge in [0, 0.05) is 16.9 Å². The van der Waals surface area contributed by atoms with Gasteiger partial charge in [-0.25, -0.2) is 4.39 Å². The number of alkyl halides is 3. The first-order valence-electron chi connectivity index (χ1n) is 3.65. The van der Waals surface area contributed by atoms with Crippen LogP contribution >= 0.6 is 12.0 Å². The van der Waals surface area contributed by atoms with Gasteiger partial charge in [-0.2, -0.15) is 25.2 Å². The number of rotatable bonds is 3. The zero-order chi connectivity index (χ0) is 12.4. The van der Waals surface area contributed by atoms with Gasteiger partial charge in [0.1, 0.15) is 5.82 Å². The largest absolute Gasteiger partial charge is 0.524 e. The Kier molecular flexibility index (Phi) is 3.81. The maximum absolute atomic E-state index is 12.4. The molecule has 0 atom stereocenters. The zero-order valence-electron chi connectivity index (χ0n) is 7.36. The van der Waals surface area contributed by atoms with Crippen molar-refractivity contribution < 1.29 is 29.6 Å². The molecule has 0 unspecified atom stereocenters. The summed E-state index contributed by atoms with van der Waals surface area (Å²) in [4.78, 5) is 0.0363. The van der Waals surface area contributed by atoms with Gasteiger partial charge in [-0.05, 0) is 24.3 Å². The molecule has 16 heavy (non-hydrogen) atoms. The SMILES string of the molecule is O=S(=O)(OSc1ccc(F)cc1)C(F)(F)F. The first-order chi connectivity index (χ1) is 7.22. The molecule has 0 amide bonds. The lowest BCUT2D eigenvalue weighted by molar-refractivity contribution is -0.0494. The Labute approximate surface area is 92.7 Å². The van der Waals surface area contributed by atoms with E-state index in [1.54, 1.807) is 0 Å². The molecule has 0 aliphatic rings. The van der Waals surface area contributed by atoms with Crippen LogP contribution in [0.15, 0.2) is 29.2 Å². The highest BCUT2D eigenvalue weighted by Gasteiger charge is 2.47. The van der Waals surface area contributed by atoms with Crippen molar-refractivity contribution in [3.05, 3.63) is 30.1 Å². The highest BCUT2D eigenvalue weighted by molar-refractivity contribution is 8.04. The fraction of sp³-hybridized carbons (Fsp3) is 0.143. The summed E-state index contributed by atoms with van der Waals surface area (Å²) >= 11 is -0.0117. The molecular formula is C7H4F4O3S2.